The number of methoxy groups -OCH3 is 1. The summed E-state index contributed by atoms with van der Waals surface area (Å²) in [4.78, 5) is 15.0. The molecule has 0 bridgehead atoms. The van der Waals surface area contributed by atoms with Crippen molar-refractivity contribution in [3.63, 3.8) is 0 Å². The van der Waals surface area contributed by atoms with Gasteiger partial charge in [-0.25, -0.2) is 0 Å². The van der Waals surface area contributed by atoms with Crippen molar-refractivity contribution in [1.82, 2.24) is 4.90 Å². The molecule has 2 aliphatic rings. The van der Waals surface area contributed by atoms with Gasteiger partial charge in [0.1, 0.15) is 18.1 Å². The average molecular weight is 348 g/mol. The van der Waals surface area contributed by atoms with Gasteiger partial charge in [0.25, 0.3) is 5.91 Å². The van der Waals surface area contributed by atoms with Crippen LogP contribution in [0, 0.1) is 16.7 Å². The van der Waals surface area contributed by atoms with Crippen LogP contribution in [0.5, 0.6) is 11.5 Å². The molecule has 1 aliphatic carbocycles. The summed E-state index contributed by atoms with van der Waals surface area (Å²) < 4.78 is 10.9. The highest BCUT2D eigenvalue weighted by Crippen LogP contribution is 2.62. The Balaban J connectivity index is 1.84. The lowest BCUT2D eigenvalue weighted by Gasteiger charge is -2.55. The molecule has 1 aliphatic heterocycles. The van der Waals surface area contributed by atoms with Gasteiger partial charge < -0.3 is 25.2 Å². The van der Waals surface area contributed by atoms with Crippen LogP contribution in [0.2, 0.25) is 0 Å². The monoisotopic (exact) mass is 348 g/mol. The van der Waals surface area contributed by atoms with E-state index in [-0.39, 0.29) is 23.3 Å². The van der Waals surface area contributed by atoms with Crippen LogP contribution in [0.4, 0.5) is 0 Å². The molecule has 25 heavy (non-hydrogen) atoms. The average Bonchev–Trinajstić information content (AvgIpc) is 2.94. The first-order valence-corrected chi connectivity index (χ1v) is 8.78. The van der Waals surface area contributed by atoms with Crippen molar-refractivity contribution in [2.45, 2.75) is 20.3 Å². The van der Waals surface area contributed by atoms with Crippen molar-refractivity contribution in [2.75, 3.05) is 40.0 Å². The number of carbonyl (C=O) groups excluding carboxylic acids is 1. The third-order valence-electron chi connectivity index (χ3n) is 5.80. The molecule has 6 heteroatoms. The van der Waals surface area contributed by atoms with Crippen molar-refractivity contribution in [1.29, 1.82) is 0 Å². The molecule has 6 nitrogen and oxygen atoms in total. The minimum absolute atomic E-state index is 0.0623. The van der Waals surface area contributed by atoms with Gasteiger partial charge in [-0.05, 0) is 29.9 Å². The van der Waals surface area contributed by atoms with Gasteiger partial charge in [-0.3, -0.25) is 4.79 Å². The molecule has 1 aromatic carbocycles. The Hall–Kier alpha value is -1.79. The molecule has 0 unspecified atom stereocenters. The highest BCUT2D eigenvalue weighted by Gasteiger charge is 2.63. The molecular weight excluding hydrogens is 320 g/mol. The third-order valence-corrected chi connectivity index (χ3v) is 5.80. The highest BCUT2D eigenvalue weighted by atomic mass is 16.5. The predicted octanol–water partition coefficient (Wildman–Crippen LogP) is 1.51. The van der Waals surface area contributed by atoms with Crippen molar-refractivity contribution in [2.24, 2.45) is 22.5 Å². The molecule has 1 saturated heterocycles. The van der Waals surface area contributed by atoms with Crippen LogP contribution in [0.15, 0.2) is 18.2 Å². The number of fused-ring (bicyclic) bond motifs is 1. The number of amides is 1. The standard InChI is InChI=1S/C19H28N2O4/c1-18(2)10-19(12-22)11-21(9-16(18)19)17(23)14-5-4-13(24-3)8-15(14)25-7-6-20/h4-5,8,16,22H,6-7,9-12,20H2,1-3H3/t16-,19-/m1/s1. The van der Waals surface area contributed by atoms with E-state index in [1.165, 1.54) is 0 Å². The fourth-order valence-corrected chi connectivity index (χ4v) is 4.76. The van der Waals surface area contributed by atoms with E-state index >= 15 is 0 Å². The quantitative estimate of drug-likeness (QED) is 0.814. The van der Waals surface area contributed by atoms with Gasteiger partial charge in [0.05, 0.1) is 19.3 Å². The molecule has 2 fully saturated rings. The summed E-state index contributed by atoms with van der Waals surface area (Å²) in [6.45, 7) is 6.53. The molecule has 3 N–H and O–H groups in total. The van der Waals surface area contributed by atoms with Crippen LogP contribution >= 0.6 is 0 Å². The van der Waals surface area contributed by atoms with Gasteiger partial charge in [-0.2, -0.15) is 0 Å². The molecule has 1 amide bonds. The van der Waals surface area contributed by atoms with Crippen molar-refractivity contribution >= 4 is 5.91 Å². The van der Waals surface area contributed by atoms with E-state index in [0.717, 1.165) is 6.42 Å². The minimum Gasteiger partial charge on any atom is -0.497 e. The Morgan fingerprint density at radius 3 is 2.76 bits per heavy atom. The van der Waals surface area contributed by atoms with Crippen LogP contribution in [-0.4, -0.2) is 55.9 Å². The van der Waals surface area contributed by atoms with Crippen LogP contribution < -0.4 is 15.2 Å². The number of nitrogens with zero attached hydrogens (tertiary/aromatic N) is 1. The number of hydrogen-bond donors (Lipinski definition) is 2. The van der Waals surface area contributed by atoms with Gasteiger partial charge in [0, 0.05) is 31.1 Å². The zero-order valence-corrected chi connectivity index (χ0v) is 15.2. The molecule has 0 aromatic heterocycles. The van der Waals surface area contributed by atoms with E-state index in [4.69, 9.17) is 15.2 Å². The molecule has 1 saturated carbocycles. The number of nitrogens with two attached hydrogens (primary N) is 1. The largest absolute Gasteiger partial charge is 0.497 e. The Bertz CT molecular complexity index is 661. The number of ether oxygens (including phenoxy) is 2. The molecule has 1 aromatic rings. The van der Waals surface area contributed by atoms with E-state index in [2.05, 4.69) is 13.8 Å². The second-order valence-corrected chi connectivity index (χ2v) is 7.92. The van der Waals surface area contributed by atoms with E-state index in [9.17, 15) is 9.90 Å². The van der Waals surface area contributed by atoms with E-state index in [0.29, 0.717) is 49.2 Å². The topological polar surface area (TPSA) is 85.0 Å². The molecule has 0 radical (unpaired) electrons. The Morgan fingerprint density at radius 2 is 2.20 bits per heavy atom. The maximum absolute atomic E-state index is 13.1. The lowest BCUT2D eigenvalue weighted by molar-refractivity contribution is -0.0977. The van der Waals surface area contributed by atoms with Gasteiger partial charge in [0.15, 0.2) is 0 Å². The number of likely N-dealkylation sites (tertiary alicyclic amines) is 1. The summed E-state index contributed by atoms with van der Waals surface area (Å²) in [5.41, 5.74) is 6.06. The Labute approximate surface area is 148 Å². The third kappa shape index (κ3) is 2.98. The van der Waals surface area contributed by atoms with Crippen LogP contribution in [0.25, 0.3) is 0 Å². The first-order chi connectivity index (χ1) is 11.9. The van der Waals surface area contributed by atoms with Crippen molar-refractivity contribution in [3.8, 4) is 11.5 Å². The summed E-state index contributed by atoms with van der Waals surface area (Å²) in [7, 11) is 1.58. The first kappa shape index (κ1) is 18.0. The molecule has 1 heterocycles. The molecule has 0 spiro atoms. The van der Waals surface area contributed by atoms with E-state index in [1.807, 2.05) is 4.90 Å². The van der Waals surface area contributed by atoms with Gasteiger partial charge in [-0.15, -0.1) is 0 Å². The summed E-state index contributed by atoms with van der Waals surface area (Å²) in [6.07, 6.45) is 0.949. The highest BCUT2D eigenvalue weighted by molar-refractivity contribution is 5.97. The number of hydrogen-bond acceptors (Lipinski definition) is 5. The van der Waals surface area contributed by atoms with Crippen LogP contribution in [-0.2, 0) is 0 Å². The number of aliphatic hydroxyl groups excluding tert-OH is 1. The zero-order valence-electron chi connectivity index (χ0n) is 15.2. The lowest BCUT2D eigenvalue weighted by atomic mass is 9.48. The number of rotatable bonds is 6. The molecular formula is C19H28N2O4. The number of benzene rings is 1. The summed E-state index contributed by atoms with van der Waals surface area (Å²) in [5.74, 6) is 1.40. The molecule has 138 valence electrons. The van der Waals surface area contributed by atoms with Gasteiger partial charge in [-0.1, -0.05) is 13.8 Å². The second-order valence-electron chi connectivity index (χ2n) is 7.92. The first-order valence-electron chi connectivity index (χ1n) is 8.78. The fourth-order valence-electron chi connectivity index (χ4n) is 4.76. The van der Waals surface area contributed by atoms with E-state index in [1.54, 1.807) is 25.3 Å². The zero-order chi connectivity index (χ0) is 18.2. The van der Waals surface area contributed by atoms with Gasteiger partial charge >= 0.3 is 0 Å². The maximum Gasteiger partial charge on any atom is 0.257 e. The Kier molecular flexibility index (Phi) is 4.68. The van der Waals surface area contributed by atoms with Crippen LogP contribution in [0.1, 0.15) is 30.6 Å². The summed E-state index contributed by atoms with van der Waals surface area (Å²) in [6, 6.07) is 5.22. The minimum atomic E-state index is -0.149. The normalized spacial score (nSPS) is 26.8. The number of carbonyl (C=O) groups is 1. The number of aliphatic hydroxyl groups is 1. The predicted molar refractivity (Wildman–Crippen MR) is 94.9 cm³/mol. The van der Waals surface area contributed by atoms with Crippen LogP contribution in [0.3, 0.4) is 0 Å². The fraction of sp³-hybridized carbons (Fsp3) is 0.632. The van der Waals surface area contributed by atoms with Gasteiger partial charge in [0.2, 0.25) is 0 Å². The maximum atomic E-state index is 13.1. The van der Waals surface area contributed by atoms with Crippen molar-refractivity contribution < 1.29 is 19.4 Å². The summed E-state index contributed by atoms with van der Waals surface area (Å²) >= 11 is 0. The van der Waals surface area contributed by atoms with E-state index < -0.39 is 0 Å². The molecule has 2 atom stereocenters. The van der Waals surface area contributed by atoms with Crippen molar-refractivity contribution in [3.05, 3.63) is 23.8 Å². The lowest BCUT2D eigenvalue weighted by Crippen LogP contribution is -2.54. The smallest absolute Gasteiger partial charge is 0.257 e. The Morgan fingerprint density at radius 1 is 1.44 bits per heavy atom. The summed E-state index contributed by atoms with van der Waals surface area (Å²) in [5, 5.41) is 9.90. The second kappa shape index (κ2) is 6.50. The molecule has 3 rings (SSSR count). The SMILES string of the molecule is COc1ccc(C(=O)N2C[C@@H]3C(C)(C)C[C@]3(CO)C2)c(OCCN)c1.